The van der Waals surface area contributed by atoms with Crippen LogP contribution in [0.4, 0.5) is 0 Å². The molecule has 0 fully saturated rings. The van der Waals surface area contributed by atoms with E-state index in [0.717, 1.165) is 5.75 Å². The van der Waals surface area contributed by atoms with Gasteiger partial charge in [-0.2, -0.15) is 0 Å². The minimum absolute atomic E-state index is 0.0933. The van der Waals surface area contributed by atoms with Crippen LogP contribution in [0.15, 0.2) is 78.9 Å². The monoisotopic (exact) mass is 308 g/mol. The van der Waals surface area contributed by atoms with E-state index in [2.05, 4.69) is 0 Å². The third-order valence-corrected chi connectivity index (χ3v) is 3.55. The minimum Gasteiger partial charge on any atom is -0.457 e. The first kappa shape index (κ1) is 14.3. The van der Waals surface area contributed by atoms with Crippen molar-refractivity contribution in [2.75, 3.05) is 0 Å². The second-order valence-corrected chi connectivity index (χ2v) is 5.22. The molecule has 0 aromatic heterocycles. The van der Waals surface area contributed by atoms with Crippen LogP contribution in [0.2, 0.25) is 0 Å². The summed E-state index contributed by atoms with van der Waals surface area (Å²) in [6.45, 7) is 0. The summed E-state index contributed by atoms with van der Waals surface area (Å²) < 4.78 is 22.8. The third-order valence-electron chi connectivity index (χ3n) is 2.98. The standard InChI is InChI=1S/C18H13O3P/c19-22-18-12-11-16(20-14-7-3-1-4-8-14)13-17(18)21-15-9-5-2-6-10-15/h1-13H. The number of rotatable bonds is 5. The Balaban J connectivity index is 1.88. The van der Waals surface area contributed by atoms with Crippen molar-refractivity contribution in [2.45, 2.75) is 0 Å². The van der Waals surface area contributed by atoms with Gasteiger partial charge in [0.05, 0.1) is 5.30 Å². The molecule has 0 unspecified atom stereocenters. The highest BCUT2D eigenvalue weighted by molar-refractivity contribution is 7.34. The van der Waals surface area contributed by atoms with Gasteiger partial charge < -0.3 is 9.47 Å². The van der Waals surface area contributed by atoms with Crippen molar-refractivity contribution in [3.05, 3.63) is 78.9 Å². The van der Waals surface area contributed by atoms with Gasteiger partial charge in [0.2, 0.25) is 0 Å². The molecule has 0 saturated heterocycles. The maximum atomic E-state index is 11.3. The summed E-state index contributed by atoms with van der Waals surface area (Å²) in [5.41, 5.74) is 0. The Kier molecular flexibility index (Phi) is 4.47. The number of benzene rings is 3. The molecule has 0 saturated carbocycles. The molecule has 3 nitrogen and oxygen atoms in total. The Morgan fingerprint density at radius 3 is 1.82 bits per heavy atom. The van der Waals surface area contributed by atoms with E-state index in [1.807, 2.05) is 60.7 Å². The maximum absolute atomic E-state index is 11.3. The molecule has 0 amide bonds. The molecule has 0 aliphatic heterocycles. The molecule has 3 aromatic carbocycles. The zero-order valence-electron chi connectivity index (χ0n) is 11.7. The lowest BCUT2D eigenvalue weighted by molar-refractivity contribution is 0.462. The van der Waals surface area contributed by atoms with Crippen molar-refractivity contribution in [3.63, 3.8) is 0 Å². The Bertz CT molecular complexity index is 758. The summed E-state index contributed by atoms with van der Waals surface area (Å²) in [5.74, 6) is 2.56. The van der Waals surface area contributed by atoms with Crippen molar-refractivity contribution in [1.82, 2.24) is 0 Å². The highest BCUT2D eigenvalue weighted by Gasteiger charge is 2.08. The Morgan fingerprint density at radius 2 is 1.23 bits per heavy atom. The van der Waals surface area contributed by atoms with Crippen molar-refractivity contribution < 1.29 is 14.0 Å². The molecule has 0 N–H and O–H groups in total. The molecule has 0 spiro atoms. The van der Waals surface area contributed by atoms with E-state index in [9.17, 15) is 4.57 Å². The zero-order valence-corrected chi connectivity index (χ0v) is 12.6. The molecule has 0 heterocycles. The number of ether oxygens (including phenoxy) is 2. The highest BCUT2D eigenvalue weighted by atomic mass is 31.1. The summed E-state index contributed by atoms with van der Waals surface area (Å²) in [6.07, 6.45) is 0. The molecular formula is C18H13O3P. The predicted molar refractivity (Wildman–Crippen MR) is 86.7 cm³/mol. The molecule has 0 atom stereocenters. The van der Waals surface area contributed by atoms with Gasteiger partial charge >= 0.3 is 0 Å². The van der Waals surface area contributed by atoms with Gasteiger partial charge in [-0.3, -0.25) is 4.57 Å². The largest absolute Gasteiger partial charge is 0.457 e. The molecule has 0 radical (unpaired) electrons. The van der Waals surface area contributed by atoms with Crippen molar-refractivity contribution in [2.24, 2.45) is 0 Å². The number of para-hydroxylation sites is 2. The molecule has 3 aromatic rings. The summed E-state index contributed by atoms with van der Waals surface area (Å²) >= 11 is 0. The van der Waals surface area contributed by atoms with Crippen molar-refractivity contribution in [1.29, 1.82) is 0 Å². The fourth-order valence-corrected chi connectivity index (χ4v) is 2.29. The second kappa shape index (κ2) is 6.88. The Labute approximate surface area is 130 Å². The fourth-order valence-electron chi connectivity index (χ4n) is 1.96. The predicted octanol–water partition coefficient (Wildman–Crippen LogP) is 5.19. The smallest absolute Gasteiger partial charge is 0.196 e. The molecule has 0 bridgehead atoms. The SMILES string of the molecule is O=Pc1ccc(Oc2ccccc2)cc1Oc1ccccc1. The summed E-state index contributed by atoms with van der Waals surface area (Å²) in [5, 5.41) is 0.573. The van der Waals surface area contributed by atoms with Crippen LogP contribution in [0, 0.1) is 0 Å². The first-order valence-corrected chi connectivity index (χ1v) is 7.59. The zero-order chi connectivity index (χ0) is 15.2. The molecule has 0 aliphatic rings. The third kappa shape index (κ3) is 3.51. The van der Waals surface area contributed by atoms with Crippen LogP contribution in [0.25, 0.3) is 0 Å². The average molecular weight is 308 g/mol. The van der Waals surface area contributed by atoms with Crippen LogP contribution in [-0.2, 0) is 4.57 Å². The van der Waals surface area contributed by atoms with Gasteiger partial charge in [0, 0.05) is 6.07 Å². The first-order chi connectivity index (χ1) is 10.8. The van der Waals surface area contributed by atoms with E-state index in [0.29, 0.717) is 22.6 Å². The summed E-state index contributed by atoms with van der Waals surface area (Å²) in [4.78, 5) is 0. The van der Waals surface area contributed by atoms with E-state index in [-0.39, 0.29) is 8.46 Å². The molecular weight excluding hydrogens is 295 g/mol. The lowest BCUT2D eigenvalue weighted by atomic mass is 10.3. The van der Waals surface area contributed by atoms with Crippen LogP contribution < -0.4 is 14.8 Å². The topological polar surface area (TPSA) is 35.5 Å². The number of hydrogen-bond acceptors (Lipinski definition) is 3. The van der Waals surface area contributed by atoms with Crippen LogP contribution in [0.5, 0.6) is 23.0 Å². The summed E-state index contributed by atoms with van der Waals surface area (Å²) in [7, 11) is -0.0933. The average Bonchev–Trinajstić information content (AvgIpc) is 2.57. The second-order valence-electron chi connectivity index (χ2n) is 4.55. The minimum atomic E-state index is -0.0933. The first-order valence-electron chi connectivity index (χ1n) is 6.78. The van der Waals surface area contributed by atoms with Gasteiger partial charge in [-0.1, -0.05) is 36.4 Å². The highest BCUT2D eigenvalue weighted by Crippen LogP contribution is 2.28. The molecule has 0 aliphatic carbocycles. The normalized spacial score (nSPS) is 10.4. The quantitative estimate of drug-likeness (QED) is 0.609. The maximum Gasteiger partial charge on any atom is 0.196 e. The van der Waals surface area contributed by atoms with Gasteiger partial charge in [0.25, 0.3) is 0 Å². The van der Waals surface area contributed by atoms with E-state index < -0.39 is 0 Å². The van der Waals surface area contributed by atoms with Crippen LogP contribution >= 0.6 is 8.46 Å². The molecule has 22 heavy (non-hydrogen) atoms. The van der Waals surface area contributed by atoms with E-state index in [4.69, 9.17) is 9.47 Å². The van der Waals surface area contributed by atoms with Crippen LogP contribution in [0.3, 0.4) is 0 Å². The molecule has 4 heteroatoms. The lowest BCUT2D eigenvalue weighted by Crippen LogP contribution is -1.99. The van der Waals surface area contributed by atoms with Crippen molar-refractivity contribution >= 4 is 13.8 Å². The van der Waals surface area contributed by atoms with Crippen LogP contribution in [0.1, 0.15) is 0 Å². The number of hydrogen-bond donors (Lipinski definition) is 0. The van der Waals surface area contributed by atoms with Gasteiger partial charge in [0.1, 0.15) is 23.0 Å². The molecule has 108 valence electrons. The van der Waals surface area contributed by atoms with Crippen LogP contribution in [-0.4, -0.2) is 0 Å². The van der Waals surface area contributed by atoms with E-state index >= 15 is 0 Å². The van der Waals surface area contributed by atoms with Gasteiger partial charge in [-0.05, 0) is 36.4 Å². The van der Waals surface area contributed by atoms with E-state index in [1.165, 1.54) is 0 Å². The molecule has 3 rings (SSSR count). The fraction of sp³-hybridized carbons (Fsp3) is 0. The Morgan fingerprint density at radius 1 is 0.636 bits per heavy atom. The van der Waals surface area contributed by atoms with E-state index in [1.54, 1.807) is 18.2 Å². The Hall–Kier alpha value is -2.64. The summed E-state index contributed by atoms with van der Waals surface area (Å²) in [6, 6.07) is 24.1. The lowest BCUT2D eigenvalue weighted by Gasteiger charge is -2.10. The van der Waals surface area contributed by atoms with Gasteiger partial charge in [-0.15, -0.1) is 0 Å². The van der Waals surface area contributed by atoms with Crippen molar-refractivity contribution in [3.8, 4) is 23.0 Å². The van der Waals surface area contributed by atoms with Gasteiger partial charge in [0.15, 0.2) is 8.46 Å². The van der Waals surface area contributed by atoms with Gasteiger partial charge in [-0.25, -0.2) is 0 Å².